The third-order valence-corrected chi connectivity index (χ3v) is 2.62. The van der Waals surface area contributed by atoms with Crippen molar-refractivity contribution in [3.8, 4) is 0 Å². The highest BCUT2D eigenvalue weighted by Crippen LogP contribution is 2.19. The van der Waals surface area contributed by atoms with Crippen LogP contribution in [0.5, 0.6) is 0 Å². The van der Waals surface area contributed by atoms with E-state index in [9.17, 15) is 0 Å². The lowest BCUT2D eigenvalue weighted by Gasteiger charge is -2.16. The molecule has 0 saturated carbocycles. The fraction of sp³-hybridized carbons (Fsp3) is 0.818. The third kappa shape index (κ3) is 5.06. The number of hydrogen-bond donors (Lipinski definition) is 0. The van der Waals surface area contributed by atoms with E-state index in [4.69, 9.17) is 0 Å². The Hall–Kier alpha value is -0.260. The molecule has 0 N–H and O–H groups in total. The molecule has 0 heteroatoms. The van der Waals surface area contributed by atoms with E-state index in [0.717, 1.165) is 11.8 Å². The summed E-state index contributed by atoms with van der Waals surface area (Å²) in [5.41, 5.74) is 0. The number of rotatable bonds is 5. The highest BCUT2D eigenvalue weighted by Gasteiger charge is 2.07. The Kier molecular flexibility index (Phi) is 5.27. The molecule has 0 fully saturated rings. The highest BCUT2D eigenvalue weighted by atomic mass is 14.1. The summed E-state index contributed by atoms with van der Waals surface area (Å²) in [6, 6.07) is 0. The van der Waals surface area contributed by atoms with Gasteiger partial charge in [0.2, 0.25) is 0 Å². The second kappa shape index (κ2) is 5.40. The first-order valence-corrected chi connectivity index (χ1v) is 4.70. The van der Waals surface area contributed by atoms with Crippen molar-refractivity contribution in [2.75, 3.05) is 0 Å². The van der Waals surface area contributed by atoms with Crippen LogP contribution in [0.4, 0.5) is 0 Å². The van der Waals surface area contributed by atoms with Crippen LogP contribution in [0.15, 0.2) is 12.7 Å². The van der Waals surface area contributed by atoms with Gasteiger partial charge in [0.25, 0.3) is 0 Å². The lowest BCUT2D eigenvalue weighted by molar-refractivity contribution is 0.366. The topological polar surface area (TPSA) is 0 Å². The van der Waals surface area contributed by atoms with E-state index >= 15 is 0 Å². The van der Waals surface area contributed by atoms with Crippen molar-refractivity contribution in [2.45, 2.75) is 40.5 Å². The Labute approximate surface area is 71.7 Å². The summed E-state index contributed by atoms with van der Waals surface area (Å²) < 4.78 is 0. The van der Waals surface area contributed by atoms with Crippen molar-refractivity contribution in [1.29, 1.82) is 0 Å². The molecule has 0 aliphatic heterocycles. The molecular weight excluding hydrogens is 132 g/mol. The van der Waals surface area contributed by atoms with Crippen LogP contribution in [0.3, 0.4) is 0 Å². The third-order valence-electron chi connectivity index (χ3n) is 2.62. The minimum atomic E-state index is 0.691. The average molecular weight is 154 g/mol. The molecule has 0 saturated heterocycles. The van der Waals surface area contributed by atoms with Gasteiger partial charge in [-0.05, 0) is 30.6 Å². The molecule has 0 nitrogen and oxygen atoms in total. The van der Waals surface area contributed by atoms with E-state index in [0.29, 0.717) is 5.92 Å². The van der Waals surface area contributed by atoms with Gasteiger partial charge in [0.05, 0.1) is 0 Å². The van der Waals surface area contributed by atoms with Gasteiger partial charge in [0.15, 0.2) is 0 Å². The Morgan fingerprint density at radius 1 is 1.09 bits per heavy atom. The molecule has 2 atom stereocenters. The summed E-state index contributed by atoms with van der Waals surface area (Å²) in [6.07, 6.45) is 4.68. The van der Waals surface area contributed by atoms with Crippen LogP contribution in [0.25, 0.3) is 0 Å². The molecular formula is C11H22. The predicted octanol–water partition coefficient (Wildman–Crippen LogP) is 3.88. The smallest absolute Gasteiger partial charge is 0.0265 e. The second-order valence-corrected chi connectivity index (χ2v) is 4.01. The van der Waals surface area contributed by atoms with E-state index in [1.807, 2.05) is 6.08 Å². The zero-order valence-electron chi connectivity index (χ0n) is 8.43. The van der Waals surface area contributed by atoms with Crippen LogP contribution in [0.2, 0.25) is 0 Å². The Balaban J connectivity index is 3.45. The van der Waals surface area contributed by atoms with Gasteiger partial charge in [0.1, 0.15) is 0 Å². The summed E-state index contributed by atoms with van der Waals surface area (Å²) in [7, 11) is 0. The zero-order chi connectivity index (χ0) is 8.85. The summed E-state index contributed by atoms with van der Waals surface area (Å²) >= 11 is 0. The lowest BCUT2D eigenvalue weighted by Crippen LogP contribution is -2.05. The van der Waals surface area contributed by atoms with E-state index in [-0.39, 0.29) is 0 Å². The molecule has 0 amide bonds. The molecule has 0 aliphatic rings. The molecule has 0 aromatic carbocycles. The summed E-state index contributed by atoms with van der Waals surface area (Å²) in [5.74, 6) is 2.38. The maximum atomic E-state index is 3.78. The van der Waals surface area contributed by atoms with E-state index < -0.39 is 0 Å². The standard InChI is InChI=1S/C11H22/c1-6-10(4)7-8-11(5)9(2)3/h6,9-11H,1,7-8H2,2-5H3. The molecule has 0 spiro atoms. The minimum Gasteiger partial charge on any atom is -0.103 e. The summed E-state index contributed by atoms with van der Waals surface area (Å²) in [5, 5.41) is 0. The maximum absolute atomic E-state index is 3.78. The molecule has 66 valence electrons. The van der Waals surface area contributed by atoms with E-state index in [1.54, 1.807) is 0 Å². The first-order valence-electron chi connectivity index (χ1n) is 4.70. The minimum absolute atomic E-state index is 0.691. The normalized spacial score (nSPS) is 16.5. The Morgan fingerprint density at radius 3 is 2.00 bits per heavy atom. The molecule has 0 bridgehead atoms. The quantitative estimate of drug-likeness (QED) is 0.527. The van der Waals surface area contributed by atoms with Gasteiger partial charge in [-0.15, -0.1) is 6.58 Å². The molecule has 0 aromatic rings. The van der Waals surface area contributed by atoms with Crippen LogP contribution >= 0.6 is 0 Å². The fourth-order valence-electron chi connectivity index (χ4n) is 0.977. The highest BCUT2D eigenvalue weighted by molar-refractivity contribution is 4.75. The summed E-state index contributed by atoms with van der Waals surface area (Å²) in [4.78, 5) is 0. The van der Waals surface area contributed by atoms with Crippen LogP contribution < -0.4 is 0 Å². The van der Waals surface area contributed by atoms with Gasteiger partial charge in [0, 0.05) is 0 Å². The Bertz CT molecular complexity index is 103. The van der Waals surface area contributed by atoms with E-state index in [2.05, 4.69) is 34.3 Å². The van der Waals surface area contributed by atoms with Crippen molar-refractivity contribution >= 4 is 0 Å². The van der Waals surface area contributed by atoms with Crippen molar-refractivity contribution in [1.82, 2.24) is 0 Å². The van der Waals surface area contributed by atoms with Crippen molar-refractivity contribution in [3.63, 3.8) is 0 Å². The second-order valence-electron chi connectivity index (χ2n) is 4.01. The molecule has 0 heterocycles. The van der Waals surface area contributed by atoms with Crippen LogP contribution in [0.1, 0.15) is 40.5 Å². The first kappa shape index (κ1) is 10.7. The average Bonchev–Trinajstić information content (AvgIpc) is 1.99. The maximum Gasteiger partial charge on any atom is -0.0265 e. The summed E-state index contributed by atoms with van der Waals surface area (Å²) in [6.45, 7) is 12.9. The zero-order valence-corrected chi connectivity index (χ0v) is 8.43. The van der Waals surface area contributed by atoms with Gasteiger partial charge < -0.3 is 0 Å². The molecule has 11 heavy (non-hydrogen) atoms. The lowest BCUT2D eigenvalue weighted by atomic mass is 9.90. The Morgan fingerprint density at radius 2 is 1.64 bits per heavy atom. The molecule has 0 aliphatic carbocycles. The molecule has 0 rings (SSSR count). The predicted molar refractivity (Wildman–Crippen MR) is 52.6 cm³/mol. The monoisotopic (exact) mass is 154 g/mol. The van der Waals surface area contributed by atoms with Gasteiger partial charge in [-0.3, -0.25) is 0 Å². The molecule has 2 unspecified atom stereocenters. The molecule has 0 aromatic heterocycles. The van der Waals surface area contributed by atoms with Crippen LogP contribution in [0, 0.1) is 17.8 Å². The van der Waals surface area contributed by atoms with Gasteiger partial charge in [-0.25, -0.2) is 0 Å². The largest absolute Gasteiger partial charge is 0.103 e. The molecule has 0 radical (unpaired) electrons. The van der Waals surface area contributed by atoms with Crippen LogP contribution in [-0.2, 0) is 0 Å². The van der Waals surface area contributed by atoms with E-state index in [1.165, 1.54) is 12.8 Å². The van der Waals surface area contributed by atoms with Gasteiger partial charge >= 0.3 is 0 Å². The van der Waals surface area contributed by atoms with Crippen molar-refractivity contribution in [2.24, 2.45) is 17.8 Å². The van der Waals surface area contributed by atoms with Gasteiger partial charge in [-0.1, -0.05) is 33.8 Å². The van der Waals surface area contributed by atoms with Crippen molar-refractivity contribution < 1.29 is 0 Å². The van der Waals surface area contributed by atoms with Crippen molar-refractivity contribution in [3.05, 3.63) is 12.7 Å². The van der Waals surface area contributed by atoms with Gasteiger partial charge in [-0.2, -0.15) is 0 Å². The van der Waals surface area contributed by atoms with Crippen LogP contribution in [-0.4, -0.2) is 0 Å². The first-order chi connectivity index (χ1) is 5.07. The number of hydrogen-bond acceptors (Lipinski definition) is 0. The number of allylic oxidation sites excluding steroid dienone is 1. The fourth-order valence-corrected chi connectivity index (χ4v) is 0.977. The SMILES string of the molecule is C=CC(C)CCC(C)C(C)C.